The summed E-state index contributed by atoms with van der Waals surface area (Å²) in [5.74, 6) is 1.52. The Kier molecular flexibility index (Phi) is 5.19. The second kappa shape index (κ2) is 7.51. The lowest BCUT2D eigenvalue weighted by molar-refractivity contribution is 0.246. The molecular weight excluding hydrogens is 284 g/mol. The van der Waals surface area contributed by atoms with E-state index in [1.165, 1.54) is 11.3 Å². The fraction of sp³-hybridized carbons (Fsp3) is 0.400. The fourth-order valence-corrected chi connectivity index (χ4v) is 3.27. The van der Waals surface area contributed by atoms with Crippen molar-refractivity contribution in [2.24, 2.45) is 0 Å². The summed E-state index contributed by atoms with van der Waals surface area (Å²) in [5.41, 5.74) is 2.70. The van der Waals surface area contributed by atoms with Crippen molar-refractivity contribution in [2.45, 2.75) is 12.8 Å². The number of hydrogen-bond acceptors (Lipinski definition) is 3. The normalized spacial score (nSPS) is 17.0. The maximum atomic E-state index is 5.33. The van der Waals surface area contributed by atoms with Crippen LogP contribution >= 0.6 is 0 Å². The van der Waals surface area contributed by atoms with Crippen LogP contribution in [0, 0.1) is 0 Å². The van der Waals surface area contributed by atoms with Crippen molar-refractivity contribution in [1.29, 1.82) is 0 Å². The molecule has 1 saturated heterocycles. The number of anilines is 1. The standard InChI is InChI=1S/C20H26N2O/c1-17(18-7-4-3-5-8-18)16-21-11-13-22(14-12-21)19-9-6-10-20(15-19)23-2/h3-10,15,17H,11-14,16H2,1-2H3/t17-/m0/s1. The van der Waals surface area contributed by atoms with E-state index in [2.05, 4.69) is 65.3 Å². The zero-order valence-electron chi connectivity index (χ0n) is 14.1. The molecule has 1 heterocycles. The van der Waals surface area contributed by atoms with E-state index in [4.69, 9.17) is 4.74 Å². The van der Waals surface area contributed by atoms with Crippen LogP contribution in [0.25, 0.3) is 0 Å². The van der Waals surface area contributed by atoms with E-state index >= 15 is 0 Å². The molecule has 122 valence electrons. The highest BCUT2D eigenvalue weighted by molar-refractivity contribution is 5.51. The fourth-order valence-electron chi connectivity index (χ4n) is 3.27. The van der Waals surface area contributed by atoms with E-state index in [0.29, 0.717) is 5.92 Å². The van der Waals surface area contributed by atoms with Gasteiger partial charge in [-0.05, 0) is 23.6 Å². The van der Waals surface area contributed by atoms with Crippen molar-refractivity contribution in [3.05, 3.63) is 60.2 Å². The van der Waals surface area contributed by atoms with Gasteiger partial charge in [-0.2, -0.15) is 0 Å². The Balaban J connectivity index is 1.54. The van der Waals surface area contributed by atoms with Crippen molar-refractivity contribution in [2.75, 3.05) is 44.7 Å². The molecule has 0 aromatic heterocycles. The van der Waals surface area contributed by atoms with Crippen LogP contribution in [0.4, 0.5) is 5.69 Å². The van der Waals surface area contributed by atoms with Gasteiger partial charge in [0.05, 0.1) is 7.11 Å². The highest BCUT2D eigenvalue weighted by Gasteiger charge is 2.19. The summed E-state index contributed by atoms with van der Waals surface area (Å²) in [7, 11) is 1.72. The maximum Gasteiger partial charge on any atom is 0.120 e. The zero-order chi connectivity index (χ0) is 16.1. The molecule has 1 aliphatic heterocycles. The van der Waals surface area contributed by atoms with Crippen molar-refractivity contribution >= 4 is 5.69 Å². The number of nitrogens with zero attached hydrogens (tertiary/aromatic N) is 2. The van der Waals surface area contributed by atoms with Gasteiger partial charge in [0, 0.05) is 44.5 Å². The van der Waals surface area contributed by atoms with Crippen LogP contribution in [0.15, 0.2) is 54.6 Å². The molecule has 0 aliphatic carbocycles. The molecule has 2 aromatic carbocycles. The molecule has 3 nitrogen and oxygen atoms in total. The minimum Gasteiger partial charge on any atom is -0.497 e. The number of piperazine rings is 1. The van der Waals surface area contributed by atoms with Gasteiger partial charge in [0.2, 0.25) is 0 Å². The van der Waals surface area contributed by atoms with E-state index in [1.54, 1.807) is 7.11 Å². The SMILES string of the molecule is COc1cccc(N2CCN(C[C@H](C)c3ccccc3)CC2)c1. The predicted octanol–water partition coefficient (Wildman–Crippen LogP) is 3.62. The lowest BCUT2D eigenvalue weighted by Gasteiger charge is -2.37. The van der Waals surface area contributed by atoms with Crippen LogP contribution in [0.2, 0.25) is 0 Å². The van der Waals surface area contributed by atoms with Gasteiger partial charge in [-0.15, -0.1) is 0 Å². The van der Waals surface area contributed by atoms with Crippen molar-refractivity contribution in [1.82, 2.24) is 4.90 Å². The number of hydrogen-bond donors (Lipinski definition) is 0. The molecule has 3 heteroatoms. The summed E-state index contributed by atoms with van der Waals surface area (Å²) in [6.07, 6.45) is 0. The molecule has 23 heavy (non-hydrogen) atoms. The summed E-state index contributed by atoms with van der Waals surface area (Å²) >= 11 is 0. The van der Waals surface area contributed by atoms with E-state index in [9.17, 15) is 0 Å². The number of benzene rings is 2. The van der Waals surface area contributed by atoms with Crippen molar-refractivity contribution in [3.8, 4) is 5.75 Å². The number of ether oxygens (including phenoxy) is 1. The molecule has 3 rings (SSSR count). The van der Waals surface area contributed by atoms with E-state index in [-0.39, 0.29) is 0 Å². The highest BCUT2D eigenvalue weighted by Crippen LogP contribution is 2.23. The van der Waals surface area contributed by atoms with Gasteiger partial charge in [-0.25, -0.2) is 0 Å². The van der Waals surface area contributed by atoms with Crippen LogP contribution < -0.4 is 9.64 Å². The Hall–Kier alpha value is -2.00. The third-order valence-corrected chi connectivity index (χ3v) is 4.69. The maximum absolute atomic E-state index is 5.33. The van der Waals surface area contributed by atoms with Crippen molar-refractivity contribution in [3.63, 3.8) is 0 Å². The molecule has 0 spiro atoms. The minimum absolute atomic E-state index is 0.583. The third kappa shape index (κ3) is 4.05. The minimum atomic E-state index is 0.583. The Morgan fingerprint density at radius 3 is 2.39 bits per heavy atom. The first-order valence-corrected chi connectivity index (χ1v) is 8.42. The molecule has 0 saturated carbocycles. The van der Waals surface area contributed by atoms with Crippen LogP contribution in [-0.2, 0) is 0 Å². The van der Waals surface area contributed by atoms with Gasteiger partial charge in [-0.3, -0.25) is 4.90 Å². The lowest BCUT2D eigenvalue weighted by atomic mass is 10.0. The van der Waals surface area contributed by atoms with E-state index in [0.717, 1.165) is 38.5 Å². The first kappa shape index (κ1) is 15.9. The molecule has 0 N–H and O–H groups in total. The Morgan fingerprint density at radius 1 is 0.957 bits per heavy atom. The van der Waals surface area contributed by atoms with Gasteiger partial charge < -0.3 is 9.64 Å². The topological polar surface area (TPSA) is 15.7 Å². The number of rotatable bonds is 5. The summed E-state index contributed by atoms with van der Waals surface area (Å²) in [6, 6.07) is 19.2. The monoisotopic (exact) mass is 310 g/mol. The van der Waals surface area contributed by atoms with Gasteiger partial charge in [0.1, 0.15) is 5.75 Å². The van der Waals surface area contributed by atoms with Crippen LogP contribution in [0.5, 0.6) is 5.75 Å². The Bertz CT molecular complexity index is 606. The van der Waals surface area contributed by atoms with Crippen LogP contribution in [0.1, 0.15) is 18.4 Å². The summed E-state index contributed by atoms with van der Waals surface area (Å²) in [5, 5.41) is 0. The molecule has 0 amide bonds. The average Bonchev–Trinajstić information content (AvgIpc) is 2.63. The van der Waals surface area contributed by atoms with Crippen LogP contribution in [-0.4, -0.2) is 44.7 Å². The Morgan fingerprint density at radius 2 is 1.70 bits per heavy atom. The molecule has 1 atom stereocenters. The van der Waals surface area contributed by atoms with Crippen molar-refractivity contribution < 1.29 is 4.74 Å². The van der Waals surface area contributed by atoms with Gasteiger partial charge in [-0.1, -0.05) is 43.3 Å². The van der Waals surface area contributed by atoms with E-state index < -0.39 is 0 Å². The third-order valence-electron chi connectivity index (χ3n) is 4.69. The van der Waals surface area contributed by atoms with E-state index in [1.807, 2.05) is 6.07 Å². The second-order valence-electron chi connectivity index (χ2n) is 6.30. The van der Waals surface area contributed by atoms with Gasteiger partial charge in [0.15, 0.2) is 0 Å². The summed E-state index contributed by atoms with van der Waals surface area (Å²) in [6.45, 7) is 7.85. The second-order valence-corrected chi connectivity index (χ2v) is 6.30. The molecule has 0 unspecified atom stereocenters. The largest absolute Gasteiger partial charge is 0.497 e. The molecule has 0 bridgehead atoms. The zero-order valence-corrected chi connectivity index (χ0v) is 14.1. The van der Waals surface area contributed by atoms with Gasteiger partial charge in [0.25, 0.3) is 0 Å². The molecular formula is C20H26N2O. The summed E-state index contributed by atoms with van der Waals surface area (Å²) in [4.78, 5) is 5.03. The number of methoxy groups -OCH3 is 1. The lowest BCUT2D eigenvalue weighted by Crippen LogP contribution is -2.47. The smallest absolute Gasteiger partial charge is 0.120 e. The highest BCUT2D eigenvalue weighted by atomic mass is 16.5. The first-order valence-electron chi connectivity index (χ1n) is 8.42. The average molecular weight is 310 g/mol. The summed E-state index contributed by atoms with van der Waals surface area (Å²) < 4.78 is 5.33. The van der Waals surface area contributed by atoms with Gasteiger partial charge >= 0.3 is 0 Å². The molecule has 1 fully saturated rings. The molecule has 1 aliphatic rings. The van der Waals surface area contributed by atoms with Crippen LogP contribution in [0.3, 0.4) is 0 Å². The molecule has 2 aromatic rings. The Labute approximate surface area is 139 Å². The quantitative estimate of drug-likeness (QED) is 0.839. The predicted molar refractivity (Wildman–Crippen MR) is 96.5 cm³/mol. The molecule has 0 radical (unpaired) electrons. The first-order chi connectivity index (χ1) is 11.3.